The first-order valence-corrected chi connectivity index (χ1v) is 6.29. The lowest BCUT2D eigenvalue weighted by molar-refractivity contribution is 0.632. The average molecular weight is 363 g/mol. The average Bonchev–Trinajstić information content (AvgIpc) is 2.25. The highest BCUT2D eigenvalue weighted by Gasteiger charge is 2.05. The van der Waals surface area contributed by atoms with Gasteiger partial charge in [-0.25, -0.2) is 4.39 Å². The predicted octanol–water partition coefficient (Wildman–Crippen LogP) is 4.41. The van der Waals surface area contributed by atoms with Crippen LogP contribution in [0.3, 0.4) is 0 Å². The Kier molecular flexibility index (Phi) is 3.73. The van der Waals surface area contributed by atoms with Gasteiger partial charge in [0.15, 0.2) is 0 Å². The van der Waals surface area contributed by atoms with Crippen LogP contribution in [0.25, 0.3) is 0 Å². The first kappa shape index (κ1) is 12.4. The summed E-state index contributed by atoms with van der Waals surface area (Å²) in [5.41, 5.74) is 7.08. The highest BCUT2D eigenvalue weighted by atomic mass is 127. The van der Waals surface area contributed by atoms with Crippen molar-refractivity contribution < 1.29 is 4.39 Å². The van der Waals surface area contributed by atoms with E-state index < -0.39 is 0 Å². The van der Waals surface area contributed by atoms with E-state index in [1.165, 1.54) is 6.07 Å². The summed E-state index contributed by atoms with van der Waals surface area (Å²) < 4.78 is 14.5. The smallest absolute Gasteiger partial charge is 0.148 e. The molecule has 2 aromatic rings. The first-order chi connectivity index (χ1) is 8.06. The molecule has 0 radical (unpaired) electrons. The summed E-state index contributed by atoms with van der Waals surface area (Å²) in [4.78, 5) is 0. The van der Waals surface area contributed by atoms with Crippen LogP contribution in [0.5, 0.6) is 0 Å². The van der Waals surface area contributed by atoms with Crippen molar-refractivity contribution in [2.24, 2.45) is 0 Å². The maximum absolute atomic E-state index is 13.6. The van der Waals surface area contributed by atoms with Crippen LogP contribution in [0.15, 0.2) is 36.4 Å². The van der Waals surface area contributed by atoms with Crippen molar-refractivity contribution in [1.82, 2.24) is 0 Å². The molecule has 0 aliphatic carbocycles. The van der Waals surface area contributed by atoms with Gasteiger partial charge in [0, 0.05) is 14.3 Å². The second-order valence-corrected chi connectivity index (χ2v) is 5.09. The second kappa shape index (κ2) is 5.10. The van der Waals surface area contributed by atoms with Gasteiger partial charge in [0.2, 0.25) is 0 Å². The molecule has 0 fully saturated rings. The molecule has 0 aromatic heterocycles. The summed E-state index contributed by atoms with van der Waals surface area (Å²) in [6, 6.07) is 9.90. The zero-order valence-corrected chi connectivity index (χ0v) is 11.6. The number of benzene rings is 2. The number of nitrogens with two attached hydrogens (primary N) is 1. The Morgan fingerprint density at radius 2 is 1.82 bits per heavy atom. The fourth-order valence-corrected chi connectivity index (χ4v) is 2.37. The van der Waals surface area contributed by atoms with Crippen LogP contribution in [0.4, 0.5) is 21.5 Å². The van der Waals surface area contributed by atoms with Crippen molar-refractivity contribution in [3.8, 4) is 0 Å². The zero-order chi connectivity index (χ0) is 12.4. The van der Waals surface area contributed by atoms with E-state index in [0.717, 1.165) is 9.26 Å². The fraction of sp³-hybridized carbons (Fsp3) is 0. The van der Waals surface area contributed by atoms with Gasteiger partial charge >= 0.3 is 0 Å². The SMILES string of the molecule is Nc1ccc(Nc2ccc(Cl)cc2I)c(F)c1. The lowest BCUT2D eigenvalue weighted by atomic mass is 10.2. The molecule has 5 heteroatoms. The van der Waals surface area contributed by atoms with Gasteiger partial charge in [-0.15, -0.1) is 0 Å². The summed E-state index contributed by atoms with van der Waals surface area (Å²) in [7, 11) is 0. The maximum atomic E-state index is 13.6. The lowest BCUT2D eigenvalue weighted by Crippen LogP contribution is -1.97. The molecule has 0 bridgehead atoms. The molecule has 0 unspecified atom stereocenters. The van der Waals surface area contributed by atoms with E-state index in [1.807, 2.05) is 0 Å². The summed E-state index contributed by atoms with van der Waals surface area (Å²) in [6.07, 6.45) is 0. The Bertz CT molecular complexity index is 511. The zero-order valence-electron chi connectivity index (χ0n) is 8.68. The van der Waals surface area contributed by atoms with E-state index in [0.29, 0.717) is 16.4 Å². The normalized spacial score (nSPS) is 10.3. The number of anilines is 3. The third-order valence-corrected chi connectivity index (χ3v) is 3.32. The molecule has 0 amide bonds. The van der Waals surface area contributed by atoms with Crippen LogP contribution in [-0.4, -0.2) is 0 Å². The number of hydrogen-bond acceptors (Lipinski definition) is 2. The quantitative estimate of drug-likeness (QED) is 0.613. The van der Waals surface area contributed by atoms with Gasteiger partial charge in [-0.1, -0.05) is 11.6 Å². The fourth-order valence-electron chi connectivity index (χ4n) is 1.37. The number of nitrogen functional groups attached to an aromatic ring is 1. The molecule has 0 aliphatic heterocycles. The van der Waals surface area contributed by atoms with Gasteiger partial charge < -0.3 is 11.1 Å². The highest BCUT2D eigenvalue weighted by molar-refractivity contribution is 14.1. The minimum atomic E-state index is -0.379. The van der Waals surface area contributed by atoms with E-state index in [9.17, 15) is 4.39 Å². The summed E-state index contributed by atoms with van der Waals surface area (Å²) in [5.74, 6) is -0.379. The minimum absolute atomic E-state index is 0.379. The molecular formula is C12H9ClFIN2. The van der Waals surface area contributed by atoms with E-state index in [-0.39, 0.29) is 5.82 Å². The van der Waals surface area contributed by atoms with Crippen LogP contribution >= 0.6 is 34.2 Å². The number of nitrogens with one attached hydrogen (secondary N) is 1. The molecule has 0 saturated carbocycles. The van der Waals surface area contributed by atoms with Gasteiger partial charge in [-0.3, -0.25) is 0 Å². The monoisotopic (exact) mass is 362 g/mol. The third-order valence-electron chi connectivity index (χ3n) is 2.19. The molecule has 2 nitrogen and oxygen atoms in total. The van der Waals surface area contributed by atoms with Crippen molar-refractivity contribution in [3.05, 3.63) is 50.8 Å². The minimum Gasteiger partial charge on any atom is -0.399 e. The Morgan fingerprint density at radius 3 is 2.47 bits per heavy atom. The van der Waals surface area contributed by atoms with E-state index >= 15 is 0 Å². The second-order valence-electron chi connectivity index (χ2n) is 3.49. The third kappa shape index (κ3) is 3.01. The molecule has 3 N–H and O–H groups in total. The van der Waals surface area contributed by atoms with Crippen molar-refractivity contribution in [3.63, 3.8) is 0 Å². The molecule has 17 heavy (non-hydrogen) atoms. The molecule has 0 heterocycles. The van der Waals surface area contributed by atoms with Crippen molar-refractivity contribution in [2.45, 2.75) is 0 Å². The number of halogens is 3. The van der Waals surface area contributed by atoms with Gasteiger partial charge in [-0.05, 0) is 59.0 Å². The highest BCUT2D eigenvalue weighted by Crippen LogP contribution is 2.27. The molecule has 0 spiro atoms. The Hall–Kier alpha value is -1.01. The number of hydrogen-bond donors (Lipinski definition) is 2. The van der Waals surface area contributed by atoms with Crippen molar-refractivity contribution in [1.29, 1.82) is 0 Å². The largest absolute Gasteiger partial charge is 0.399 e. The van der Waals surface area contributed by atoms with Crippen molar-refractivity contribution in [2.75, 3.05) is 11.1 Å². The standard InChI is InChI=1S/C12H9ClFIN2/c13-7-1-3-12(10(15)5-7)17-11-4-2-8(16)6-9(11)14/h1-6,17H,16H2. The van der Waals surface area contributed by atoms with Gasteiger partial charge in [-0.2, -0.15) is 0 Å². The van der Waals surface area contributed by atoms with Crippen LogP contribution in [0.1, 0.15) is 0 Å². The molecule has 0 aliphatic rings. The topological polar surface area (TPSA) is 38.0 Å². The van der Waals surface area contributed by atoms with Crippen LogP contribution in [0.2, 0.25) is 5.02 Å². The molecule has 88 valence electrons. The molecular weight excluding hydrogens is 354 g/mol. The van der Waals surface area contributed by atoms with Gasteiger partial charge in [0.25, 0.3) is 0 Å². The van der Waals surface area contributed by atoms with Gasteiger partial charge in [0.05, 0.1) is 11.4 Å². The molecule has 2 aromatic carbocycles. The molecule has 0 atom stereocenters. The van der Waals surface area contributed by atoms with E-state index in [2.05, 4.69) is 27.9 Å². The maximum Gasteiger partial charge on any atom is 0.148 e. The number of rotatable bonds is 2. The van der Waals surface area contributed by atoms with Crippen LogP contribution in [0, 0.1) is 9.39 Å². The van der Waals surface area contributed by atoms with E-state index in [4.69, 9.17) is 17.3 Å². The van der Waals surface area contributed by atoms with Crippen LogP contribution in [-0.2, 0) is 0 Å². The molecule has 2 rings (SSSR count). The van der Waals surface area contributed by atoms with Crippen molar-refractivity contribution >= 4 is 51.3 Å². The van der Waals surface area contributed by atoms with Crippen LogP contribution < -0.4 is 11.1 Å². The summed E-state index contributed by atoms with van der Waals surface area (Å²) in [5, 5.41) is 3.65. The lowest BCUT2D eigenvalue weighted by Gasteiger charge is -2.10. The molecule has 0 saturated heterocycles. The summed E-state index contributed by atoms with van der Waals surface area (Å²) in [6.45, 7) is 0. The Balaban J connectivity index is 2.31. The summed E-state index contributed by atoms with van der Waals surface area (Å²) >= 11 is 7.99. The van der Waals surface area contributed by atoms with Gasteiger partial charge in [0.1, 0.15) is 5.82 Å². The Morgan fingerprint density at radius 1 is 1.12 bits per heavy atom. The predicted molar refractivity (Wildman–Crippen MR) is 78.3 cm³/mol. The Labute approximate surface area is 117 Å². The van der Waals surface area contributed by atoms with E-state index in [1.54, 1.807) is 30.3 Å². The first-order valence-electron chi connectivity index (χ1n) is 4.83.